The van der Waals surface area contributed by atoms with Crippen LogP contribution in [0, 0.1) is 6.92 Å². The summed E-state index contributed by atoms with van der Waals surface area (Å²) in [6.07, 6.45) is 11.1. The Balaban J connectivity index is 0.000000119. The topological polar surface area (TPSA) is 0 Å². The van der Waals surface area contributed by atoms with Crippen LogP contribution >= 0.6 is 0 Å². The van der Waals surface area contributed by atoms with Gasteiger partial charge in [-0.05, 0) is 69.1 Å². The number of aryl methyl sites for hydroxylation is 1. The van der Waals surface area contributed by atoms with E-state index in [0.29, 0.717) is 0 Å². The molecule has 0 heterocycles. The molecule has 0 saturated heterocycles. The van der Waals surface area contributed by atoms with Crippen LogP contribution in [0.1, 0.15) is 27.8 Å². The normalized spacial score (nSPS) is 13.5. The van der Waals surface area contributed by atoms with Gasteiger partial charge in [-0.25, -0.2) is 0 Å². The first kappa shape index (κ1) is 16.1. The fourth-order valence-electron chi connectivity index (χ4n) is 4.35. The summed E-state index contributed by atoms with van der Waals surface area (Å²) in [5.74, 6) is 0. The van der Waals surface area contributed by atoms with Crippen LogP contribution in [0.2, 0.25) is 0 Å². The standard InChI is InChI=1S/C14H12.C13H10/c1-10-8-9-12-5-2-4-11-6-3-7-13(10)14(11)12;1-4-10-6-2-8-12-9-3-7-11(5-1)13(10)12/h2-5,7-9H,6H2,1H3;1-8H,9H2. The lowest BCUT2D eigenvalue weighted by atomic mass is 9.90. The van der Waals surface area contributed by atoms with Gasteiger partial charge >= 0.3 is 0 Å². The van der Waals surface area contributed by atoms with Gasteiger partial charge in [0.25, 0.3) is 0 Å². The lowest BCUT2D eigenvalue weighted by molar-refractivity contribution is 1.28. The smallest absolute Gasteiger partial charge is 0.00736 e. The van der Waals surface area contributed by atoms with Crippen molar-refractivity contribution in [2.45, 2.75) is 19.8 Å². The number of benzene rings is 4. The third-order valence-corrected chi connectivity index (χ3v) is 5.67. The zero-order valence-corrected chi connectivity index (χ0v) is 15.6. The molecule has 0 N–H and O–H groups in total. The summed E-state index contributed by atoms with van der Waals surface area (Å²) >= 11 is 0. The molecule has 0 radical (unpaired) electrons. The molecular formula is C27H22. The molecule has 0 unspecified atom stereocenters. The van der Waals surface area contributed by atoms with Crippen LogP contribution in [0.5, 0.6) is 0 Å². The van der Waals surface area contributed by atoms with E-state index in [1.54, 1.807) is 0 Å². The first-order valence-corrected chi connectivity index (χ1v) is 9.66. The van der Waals surface area contributed by atoms with Gasteiger partial charge in [0.2, 0.25) is 0 Å². The fourth-order valence-corrected chi connectivity index (χ4v) is 4.35. The Labute approximate surface area is 160 Å². The molecule has 27 heavy (non-hydrogen) atoms. The molecule has 2 aliphatic rings. The van der Waals surface area contributed by atoms with Gasteiger partial charge in [0.1, 0.15) is 0 Å². The monoisotopic (exact) mass is 346 g/mol. The summed E-state index contributed by atoms with van der Waals surface area (Å²) in [5.41, 5.74) is 7.06. The number of hydrogen-bond acceptors (Lipinski definition) is 0. The van der Waals surface area contributed by atoms with Crippen molar-refractivity contribution >= 4 is 33.7 Å². The molecule has 130 valence electrons. The summed E-state index contributed by atoms with van der Waals surface area (Å²) in [4.78, 5) is 0. The van der Waals surface area contributed by atoms with Gasteiger partial charge in [0.05, 0.1) is 0 Å². The average molecular weight is 346 g/mol. The Morgan fingerprint density at radius 3 is 2.00 bits per heavy atom. The summed E-state index contributed by atoms with van der Waals surface area (Å²) in [7, 11) is 0. The molecule has 6 rings (SSSR count). The molecule has 0 saturated carbocycles. The highest BCUT2D eigenvalue weighted by atomic mass is 14.1. The number of rotatable bonds is 0. The average Bonchev–Trinajstić information content (AvgIpc) is 2.72. The summed E-state index contributed by atoms with van der Waals surface area (Å²) in [5, 5.41) is 5.62. The molecular weight excluding hydrogens is 324 g/mol. The third-order valence-electron chi connectivity index (χ3n) is 5.67. The molecule has 4 aromatic carbocycles. The molecule has 2 aliphatic carbocycles. The molecule has 0 spiro atoms. The van der Waals surface area contributed by atoms with E-state index in [-0.39, 0.29) is 0 Å². The van der Waals surface area contributed by atoms with Crippen LogP contribution in [-0.4, -0.2) is 0 Å². The molecule has 0 aliphatic heterocycles. The van der Waals surface area contributed by atoms with E-state index >= 15 is 0 Å². The Morgan fingerprint density at radius 1 is 0.593 bits per heavy atom. The van der Waals surface area contributed by atoms with Gasteiger partial charge in [-0.15, -0.1) is 0 Å². The third kappa shape index (κ3) is 2.78. The van der Waals surface area contributed by atoms with E-state index in [1.807, 2.05) is 0 Å². The van der Waals surface area contributed by atoms with Crippen molar-refractivity contribution in [3.8, 4) is 0 Å². The highest BCUT2D eigenvalue weighted by molar-refractivity contribution is 5.96. The Morgan fingerprint density at radius 2 is 1.22 bits per heavy atom. The maximum Gasteiger partial charge on any atom is -0.00736 e. The Bertz CT molecular complexity index is 1220. The van der Waals surface area contributed by atoms with Gasteiger partial charge in [0.15, 0.2) is 0 Å². The van der Waals surface area contributed by atoms with E-state index in [0.717, 1.165) is 12.8 Å². The predicted molar refractivity (Wildman–Crippen MR) is 118 cm³/mol. The maximum absolute atomic E-state index is 2.25. The van der Waals surface area contributed by atoms with E-state index in [4.69, 9.17) is 0 Å². The van der Waals surface area contributed by atoms with Gasteiger partial charge in [0, 0.05) is 0 Å². The minimum absolute atomic E-state index is 1.08. The predicted octanol–water partition coefficient (Wildman–Crippen LogP) is 7.13. The zero-order chi connectivity index (χ0) is 18.2. The molecule has 0 aromatic heterocycles. The van der Waals surface area contributed by atoms with Gasteiger partial charge in [-0.3, -0.25) is 0 Å². The minimum atomic E-state index is 1.08. The largest absolute Gasteiger partial charge is 0.0795 e. The summed E-state index contributed by atoms with van der Waals surface area (Å²) < 4.78 is 0. The lowest BCUT2D eigenvalue weighted by Gasteiger charge is -2.14. The van der Waals surface area contributed by atoms with Crippen LogP contribution in [0.4, 0.5) is 0 Å². The molecule has 0 nitrogen and oxygen atoms in total. The van der Waals surface area contributed by atoms with Gasteiger partial charge in [-0.2, -0.15) is 0 Å². The fraction of sp³-hybridized carbons (Fsp3) is 0.111. The van der Waals surface area contributed by atoms with Crippen molar-refractivity contribution < 1.29 is 0 Å². The van der Waals surface area contributed by atoms with E-state index in [9.17, 15) is 0 Å². The minimum Gasteiger partial charge on any atom is -0.0795 e. The van der Waals surface area contributed by atoms with E-state index < -0.39 is 0 Å². The van der Waals surface area contributed by atoms with Crippen molar-refractivity contribution in [1.82, 2.24) is 0 Å². The van der Waals surface area contributed by atoms with Crippen molar-refractivity contribution in [2.75, 3.05) is 0 Å². The number of allylic oxidation sites excluding steroid dienone is 2. The van der Waals surface area contributed by atoms with Crippen molar-refractivity contribution in [3.63, 3.8) is 0 Å². The molecule has 0 bridgehead atoms. The maximum atomic E-state index is 2.25. The van der Waals surface area contributed by atoms with Crippen molar-refractivity contribution in [2.24, 2.45) is 0 Å². The quantitative estimate of drug-likeness (QED) is 0.318. The second-order valence-corrected chi connectivity index (χ2v) is 7.39. The van der Waals surface area contributed by atoms with Crippen molar-refractivity contribution in [1.29, 1.82) is 0 Å². The Kier molecular flexibility index (Phi) is 3.90. The first-order chi connectivity index (χ1) is 13.3. The van der Waals surface area contributed by atoms with Crippen LogP contribution in [0.25, 0.3) is 33.7 Å². The van der Waals surface area contributed by atoms with E-state index in [2.05, 4.69) is 98.0 Å². The highest BCUT2D eigenvalue weighted by Crippen LogP contribution is 2.30. The van der Waals surface area contributed by atoms with E-state index in [1.165, 1.54) is 49.4 Å². The zero-order valence-electron chi connectivity index (χ0n) is 15.6. The van der Waals surface area contributed by atoms with Gasteiger partial charge < -0.3 is 0 Å². The molecule has 4 aromatic rings. The molecule has 0 amide bonds. The molecule has 0 fully saturated rings. The number of hydrogen-bond donors (Lipinski definition) is 0. The SMILES string of the molecule is C1=Cc2cccc3cccc(c23)C1.Cc1ccc2cccc3c2c1C=CC3. The van der Waals surface area contributed by atoms with Crippen LogP contribution in [0.15, 0.2) is 78.9 Å². The second kappa shape index (κ2) is 6.55. The summed E-state index contributed by atoms with van der Waals surface area (Å²) in [6, 6.07) is 24.0. The first-order valence-electron chi connectivity index (χ1n) is 9.66. The second-order valence-electron chi connectivity index (χ2n) is 7.39. The molecule has 0 atom stereocenters. The Hall–Kier alpha value is -3.12. The van der Waals surface area contributed by atoms with Crippen LogP contribution < -0.4 is 0 Å². The molecule has 0 heteroatoms. The van der Waals surface area contributed by atoms with Crippen LogP contribution in [-0.2, 0) is 12.8 Å². The van der Waals surface area contributed by atoms with Crippen molar-refractivity contribution in [3.05, 3.63) is 107 Å². The van der Waals surface area contributed by atoms with Gasteiger partial charge in [-0.1, -0.05) is 91.0 Å². The lowest BCUT2D eigenvalue weighted by Crippen LogP contribution is -1.94. The highest BCUT2D eigenvalue weighted by Gasteiger charge is 2.09. The van der Waals surface area contributed by atoms with Crippen LogP contribution in [0.3, 0.4) is 0 Å². The summed E-state index contributed by atoms with van der Waals surface area (Å²) in [6.45, 7) is 2.18.